The molecule has 0 saturated heterocycles. The van der Waals surface area contributed by atoms with Gasteiger partial charge in [0.05, 0.1) is 5.69 Å². The maximum atomic E-state index is 11.4. The third-order valence-corrected chi connectivity index (χ3v) is 2.75. The molecule has 1 aromatic carbocycles. The molecule has 3 N–H and O–H groups in total. The van der Waals surface area contributed by atoms with Crippen molar-refractivity contribution in [2.24, 2.45) is 5.73 Å². The Morgan fingerprint density at radius 2 is 2.31 bits per heavy atom. The second kappa shape index (κ2) is 4.18. The summed E-state index contributed by atoms with van der Waals surface area (Å²) in [6.07, 6.45) is 1.38. The highest BCUT2D eigenvalue weighted by Crippen LogP contribution is 2.18. The van der Waals surface area contributed by atoms with Gasteiger partial charge < -0.3 is 5.73 Å². The first-order chi connectivity index (χ1) is 7.59. The minimum atomic E-state index is -0.333. The van der Waals surface area contributed by atoms with Crippen LogP contribution in [-0.2, 0) is 0 Å². The Hall–Kier alpha value is -1.47. The van der Waals surface area contributed by atoms with Crippen LogP contribution in [0.5, 0.6) is 0 Å². The summed E-state index contributed by atoms with van der Waals surface area (Å²) in [5.41, 5.74) is 6.50. The summed E-state index contributed by atoms with van der Waals surface area (Å²) in [6.45, 7) is 0. The van der Waals surface area contributed by atoms with Crippen LogP contribution in [0.15, 0.2) is 33.8 Å². The van der Waals surface area contributed by atoms with Crippen molar-refractivity contribution in [3.8, 4) is 5.69 Å². The van der Waals surface area contributed by atoms with Crippen LogP contribution < -0.4 is 11.4 Å². The molecule has 0 atom stereocenters. The second-order valence-corrected chi connectivity index (χ2v) is 4.41. The lowest BCUT2D eigenvalue weighted by Gasteiger charge is -2.07. The topological polar surface area (TPSA) is 76.7 Å². The molecule has 1 heterocycles. The lowest BCUT2D eigenvalue weighted by atomic mass is 10.2. The normalized spacial score (nSPS) is 10.3. The van der Waals surface area contributed by atoms with Crippen molar-refractivity contribution in [3.63, 3.8) is 0 Å². The van der Waals surface area contributed by atoms with E-state index < -0.39 is 0 Å². The molecular formula is C9H7BrN4OS. The number of nitrogens with two attached hydrogens (primary N) is 1. The van der Waals surface area contributed by atoms with E-state index in [1.54, 1.807) is 18.2 Å². The standard InChI is InChI=1S/C9H7BrN4OS/c10-5-1-2-7(6(3-5)8(11)16)14-4-12-13-9(14)15/h1-4H,(H2,11,16)(H,13,15). The van der Waals surface area contributed by atoms with E-state index in [1.165, 1.54) is 10.9 Å². The van der Waals surface area contributed by atoms with Crippen molar-refractivity contribution >= 4 is 33.1 Å². The molecule has 0 unspecified atom stereocenters. The number of aromatic nitrogens is 3. The van der Waals surface area contributed by atoms with Crippen LogP contribution in [0, 0.1) is 0 Å². The molecule has 0 bridgehead atoms. The van der Waals surface area contributed by atoms with Crippen molar-refractivity contribution in [1.82, 2.24) is 14.8 Å². The Balaban J connectivity index is 2.70. The van der Waals surface area contributed by atoms with Gasteiger partial charge in [0.1, 0.15) is 11.3 Å². The molecule has 1 aromatic heterocycles. The van der Waals surface area contributed by atoms with Gasteiger partial charge >= 0.3 is 5.69 Å². The SMILES string of the molecule is NC(=S)c1cc(Br)ccc1-n1cn[nH]c1=O. The largest absolute Gasteiger partial charge is 0.389 e. The number of hydrogen-bond donors (Lipinski definition) is 2. The fourth-order valence-corrected chi connectivity index (χ4v) is 1.86. The molecule has 16 heavy (non-hydrogen) atoms. The van der Waals surface area contributed by atoms with Crippen LogP contribution in [0.4, 0.5) is 0 Å². The number of rotatable bonds is 2. The molecule has 0 radical (unpaired) electrons. The summed E-state index contributed by atoms with van der Waals surface area (Å²) in [4.78, 5) is 11.7. The Labute approximate surface area is 104 Å². The van der Waals surface area contributed by atoms with Gasteiger partial charge in [0.15, 0.2) is 0 Å². The average Bonchev–Trinajstić information content (AvgIpc) is 2.64. The minimum absolute atomic E-state index is 0.226. The van der Waals surface area contributed by atoms with E-state index >= 15 is 0 Å². The molecule has 0 aliphatic carbocycles. The molecule has 0 aliphatic rings. The first kappa shape index (κ1) is 11.0. The van der Waals surface area contributed by atoms with Crippen LogP contribution in [0.2, 0.25) is 0 Å². The van der Waals surface area contributed by atoms with E-state index in [0.717, 1.165) is 4.47 Å². The fourth-order valence-electron chi connectivity index (χ4n) is 1.34. The number of aromatic amines is 1. The Bertz CT molecular complexity index is 604. The van der Waals surface area contributed by atoms with Crippen molar-refractivity contribution in [2.45, 2.75) is 0 Å². The number of thiocarbonyl (C=S) groups is 1. The fraction of sp³-hybridized carbons (Fsp3) is 0. The van der Waals surface area contributed by atoms with Gasteiger partial charge in [0, 0.05) is 10.0 Å². The third kappa shape index (κ3) is 1.91. The van der Waals surface area contributed by atoms with Gasteiger partial charge in [-0.2, -0.15) is 5.10 Å². The minimum Gasteiger partial charge on any atom is -0.389 e. The number of nitrogens with zero attached hydrogens (tertiary/aromatic N) is 2. The highest BCUT2D eigenvalue weighted by atomic mass is 79.9. The summed E-state index contributed by atoms with van der Waals surface area (Å²) < 4.78 is 2.19. The van der Waals surface area contributed by atoms with E-state index in [-0.39, 0.29) is 10.7 Å². The summed E-state index contributed by atoms with van der Waals surface area (Å²) in [7, 11) is 0. The number of halogens is 1. The Kier molecular flexibility index (Phi) is 2.88. The van der Waals surface area contributed by atoms with Crippen LogP contribution >= 0.6 is 28.1 Å². The molecule has 7 heteroatoms. The highest BCUT2D eigenvalue weighted by molar-refractivity contribution is 9.10. The van der Waals surface area contributed by atoms with E-state index in [4.69, 9.17) is 18.0 Å². The Morgan fingerprint density at radius 3 is 2.88 bits per heavy atom. The van der Waals surface area contributed by atoms with Crippen LogP contribution in [0.25, 0.3) is 5.69 Å². The third-order valence-electron chi connectivity index (χ3n) is 2.04. The van der Waals surface area contributed by atoms with Gasteiger partial charge in [0.25, 0.3) is 0 Å². The molecule has 0 spiro atoms. The van der Waals surface area contributed by atoms with Crippen LogP contribution in [-0.4, -0.2) is 19.8 Å². The molecular weight excluding hydrogens is 292 g/mol. The van der Waals surface area contributed by atoms with Gasteiger partial charge in [-0.15, -0.1) is 0 Å². The zero-order valence-electron chi connectivity index (χ0n) is 7.98. The first-order valence-electron chi connectivity index (χ1n) is 4.31. The monoisotopic (exact) mass is 298 g/mol. The van der Waals surface area contributed by atoms with Crippen LogP contribution in [0.3, 0.4) is 0 Å². The maximum absolute atomic E-state index is 11.4. The van der Waals surface area contributed by atoms with Gasteiger partial charge in [-0.05, 0) is 18.2 Å². The number of benzene rings is 1. The zero-order chi connectivity index (χ0) is 11.7. The average molecular weight is 299 g/mol. The smallest absolute Gasteiger partial charge is 0.347 e. The van der Waals surface area contributed by atoms with Gasteiger partial charge in [-0.25, -0.2) is 14.5 Å². The summed E-state index contributed by atoms with van der Waals surface area (Å²) in [5, 5.41) is 5.96. The van der Waals surface area contributed by atoms with Crippen molar-refractivity contribution in [1.29, 1.82) is 0 Å². The van der Waals surface area contributed by atoms with Crippen molar-refractivity contribution < 1.29 is 0 Å². The molecule has 0 amide bonds. The highest BCUT2D eigenvalue weighted by Gasteiger charge is 2.09. The zero-order valence-corrected chi connectivity index (χ0v) is 10.4. The molecule has 82 valence electrons. The van der Waals surface area contributed by atoms with Gasteiger partial charge in [-0.3, -0.25) is 0 Å². The number of hydrogen-bond acceptors (Lipinski definition) is 3. The molecule has 0 fully saturated rings. The second-order valence-electron chi connectivity index (χ2n) is 3.06. The number of H-pyrrole nitrogens is 1. The maximum Gasteiger partial charge on any atom is 0.347 e. The van der Waals surface area contributed by atoms with Crippen LogP contribution in [0.1, 0.15) is 5.56 Å². The van der Waals surface area contributed by atoms with E-state index in [0.29, 0.717) is 11.3 Å². The molecule has 0 saturated carbocycles. The molecule has 0 aliphatic heterocycles. The quantitative estimate of drug-likeness (QED) is 0.810. The summed E-state index contributed by atoms with van der Waals surface area (Å²) in [6, 6.07) is 5.31. The lowest BCUT2D eigenvalue weighted by Crippen LogP contribution is -2.19. The Morgan fingerprint density at radius 1 is 1.56 bits per heavy atom. The van der Waals surface area contributed by atoms with E-state index in [2.05, 4.69) is 26.1 Å². The first-order valence-corrected chi connectivity index (χ1v) is 5.51. The summed E-state index contributed by atoms with van der Waals surface area (Å²) in [5.74, 6) is 0. The molecule has 2 rings (SSSR count). The molecule has 5 nitrogen and oxygen atoms in total. The van der Waals surface area contributed by atoms with Crippen molar-refractivity contribution in [3.05, 3.63) is 45.0 Å². The predicted molar refractivity (Wildman–Crippen MR) is 67.8 cm³/mol. The van der Waals surface area contributed by atoms with E-state index in [9.17, 15) is 4.79 Å². The summed E-state index contributed by atoms with van der Waals surface area (Å²) >= 11 is 8.26. The van der Waals surface area contributed by atoms with Crippen molar-refractivity contribution in [2.75, 3.05) is 0 Å². The van der Waals surface area contributed by atoms with Gasteiger partial charge in [0.2, 0.25) is 0 Å². The van der Waals surface area contributed by atoms with Gasteiger partial charge in [-0.1, -0.05) is 28.1 Å². The van der Waals surface area contributed by atoms with E-state index in [1.807, 2.05) is 0 Å². The number of nitrogens with one attached hydrogen (secondary N) is 1. The predicted octanol–water partition coefficient (Wildman–Crippen LogP) is 0.957. The molecule has 2 aromatic rings. The lowest BCUT2D eigenvalue weighted by molar-refractivity contribution is 0.980.